The van der Waals surface area contributed by atoms with Gasteiger partial charge in [0.1, 0.15) is 5.58 Å². The first-order chi connectivity index (χ1) is 24.4. The molecule has 5 nitrogen and oxygen atoms in total. The van der Waals surface area contributed by atoms with Gasteiger partial charge in [-0.25, -0.2) is 0 Å². The van der Waals surface area contributed by atoms with E-state index in [9.17, 15) is 9.90 Å². The molecule has 0 unspecified atom stereocenters. The summed E-state index contributed by atoms with van der Waals surface area (Å²) >= 11 is 0. The van der Waals surface area contributed by atoms with Crippen LogP contribution in [0.3, 0.4) is 0 Å². The third-order valence-electron chi connectivity index (χ3n) is 9.97. The summed E-state index contributed by atoms with van der Waals surface area (Å²) in [6.45, 7) is 19.3. The van der Waals surface area contributed by atoms with Crippen LogP contribution >= 0.6 is 0 Å². The average Bonchev–Trinajstić information content (AvgIpc) is 3.75. The van der Waals surface area contributed by atoms with Gasteiger partial charge in [0, 0.05) is 54.5 Å². The van der Waals surface area contributed by atoms with Crippen molar-refractivity contribution in [3.05, 3.63) is 102 Å². The Bertz CT molecular complexity index is 2140. The van der Waals surface area contributed by atoms with Gasteiger partial charge < -0.3 is 13.9 Å². The van der Waals surface area contributed by atoms with E-state index in [0.717, 1.165) is 70.8 Å². The predicted octanol–water partition coefficient (Wildman–Crippen LogP) is 13.2. The van der Waals surface area contributed by atoms with Crippen molar-refractivity contribution >= 4 is 38.6 Å². The molecule has 0 saturated carbocycles. The number of aliphatic hydroxyl groups is 1. The van der Waals surface area contributed by atoms with Crippen LogP contribution < -0.4 is 0 Å². The number of nitrogens with zero attached hydrogens (tertiary/aromatic N) is 1. The number of hydrogen-bond donors (Lipinski definition) is 1. The molecule has 3 aromatic carbocycles. The molecule has 6 aromatic rings. The predicted molar refractivity (Wildman–Crippen MR) is 212 cm³/mol. The standard InChI is InChI=1S/C33H30NO2.C13H24O2.Ir/c1-20(2)14-24-19-36-31-17-22(10-11-26(24)31)28-18-30(34-32-27(28)12-13-35-32)23-15-21-8-6-7-9-25(21)29(16-23)33(3,4)5;1-5-10(6-2)12(14)9-13(15)11(7-3)8-4;/h6-13,16-20H,14H2,1-5H3;9-11,14H,5-8H2,1-4H3;/q-1;;/b;12-9-;. The summed E-state index contributed by atoms with van der Waals surface area (Å²) in [7, 11) is 0. The molecule has 277 valence electrons. The summed E-state index contributed by atoms with van der Waals surface area (Å²) in [5.41, 5.74) is 8.04. The second-order valence-electron chi connectivity index (χ2n) is 15.2. The number of allylic oxidation sites excluding steroid dienone is 2. The van der Waals surface area contributed by atoms with Crippen LogP contribution in [0, 0.1) is 23.8 Å². The molecule has 52 heavy (non-hydrogen) atoms. The zero-order valence-corrected chi connectivity index (χ0v) is 34.6. The van der Waals surface area contributed by atoms with Crippen molar-refractivity contribution in [1.29, 1.82) is 0 Å². The zero-order valence-electron chi connectivity index (χ0n) is 32.2. The van der Waals surface area contributed by atoms with Gasteiger partial charge in [-0.05, 0) is 72.3 Å². The molecule has 0 bridgehead atoms. The number of hydrogen-bond acceptors (Lipinski definition) is 5. The first-order valence-corrected chi connectivity index (χ1v) is 18.7. The van der Waals surface area contributed by atoms with Gasteiger partial charge in [-0.1, -0.05) is 110 Å². The summed E-state index contributed by atoms with van der Waals surface area (Å²) in [6, 6.07) is 24.9. The van der Waals surface area contributed by atoms with Crippen LogP contribution in [-0.2, 0) is 36.7 Å². The SMILES string of the molecule is CC(C)Cc1coc2cc(-c3cc(-c4[c-]c5ccccc5c(C(C)(C)C)c4)nc4occc34)ccc12.CCC(CC)C(=O)/C=C(\O)C(CC)CC.[Ir]. The Kier molecular flexibility index (Phi) is 13.9. The molecule has 3 aromatic heterocycles. The van der Waals surface area contributed by atoms with Gasteiger partial charge in [0.05, 0.1) is 18.3 Å². The Labute approximate surface area is 323 Å². The summed E-state index contributed by atoms with van der Waals surface area (Å²) < 4.78 is 11.8. The fourth-order valence-corrected chi connectivity index (χ4v) is 6.94. The minimum Gasteiger partial charge on any atom is -0.512 e. The van der Waals surface area contributed by atoms with E-state index in [2.05, 4.69) is 95.3 Å². The molecule has 6 heteroatoms. The first-order valence-electron chi connectivity index (χ1n) is 18.7. The summed E-state index contributed by atoms with van der Waals surface area (Å²) in [4.78, 5) is 16.6. The van der Waals surface area contributed by atoms with Crippen LogP contribution in [0.15, 0.2) is 93.9 Å². The van der Waals surface area contributed by atoms with Crippen molar-refractivity contribution in [2.45, 2.75) is 99.8 Å². The summed E-state index contributed by atoms with van der Waals surface area (Å²) in [5.74, 6) is 1.13. The number of aromatic nitrogens is 1. The normalized spacial score (nSPS) is 12.2. The van der Waals surface area contributed by atoms with E-state index in [-0.39, 0.29) is 48.9 Å². The third kappa shape index (κ3) is 9.14. The molecular formula is C46H54IrNO4-. The number of fused-ring (bicyclic) bond motifs is 3. The van der Waals surface area contributed by atoms with Crippen molar-refractivity contribution < 1.29 is 38.8 Å². The van der Waals surface area contributed by atoms with Gasteiger partial charge in [-0.2, -0.15) is 0 Å². The minimum absolute atomic E-state index is 0. The van der Waals surface area contributed by atoms with E-state index >= 15 is 0 Å². The van der Waals surface area contributed by atoms with Gasteiger partial charge in [-0.3, -0.25) is 9.78 Å². The maximum atomic E-state index is 11.7. The van der Waals surface area contributed by atoms with E-state index in [1.807, 2.05) is 40.0 Å². The zero-order chi connectivity index (χ0) is 36.9. The molecule has 0 saturated heterocycles. The number of ketones is 1. The molecule has 1 radical (unpaired) electrons. The maximum Gasteiger partial charge on any atom is 0.219 e. The molecular weight excluding hydrogens is 823 g/mol. The molecule has 3 heterocycles. The molecule has 0 aliphatic heterocycles. The molecule has 1 N–H and O–H groups in total. The molecule has 6 rings (SSSR count). The van der Waals surface area contributed by atoms with Crippen LogP contribution in [-0.4, -0.2) is 15.9 Å². The van der Waals surface area contributed by atoms with E-state index in [1.54, 1.807) is 6.26 Å². The second-order valence-corrected chi connectivity index (χ2v) is 15.2. The summed E-state index contributed by atoms with van der Waals surface area (Å²) in [6.07, 6.45) is 9.52. The Morgan fingerprint density at radius 2 is 1.56 bits per heavy atom. The Hall–Kier alpha value is -3.99. The Balaban J connectivity index is 0.000000323. The molecule has 0 fully saturated rings. The second kappa shape index (κ2) is 17.7. The first kappa shape index (κ1) is 40.8. The molecule has 0 aliphatic rings. The van der Waals surface area contributed by atoms with Crippen molar-refractivity contribution in [2.24, 2.45) is 17.8 Å². The maximum absolute atomic E-state index is 11.7. The smallest absolute Gasteiger partial charge is 0.219 e. The third-order valence-corrected chi connectivity index (χ3v) is 9.97. The van der Waals surface area contributed by atoms with Crippen molar-refractivity contribution in [1.82, 2.24) is 4.98 Å². The van der Waals surface area contributed by atoms with Gasteiger partial charge in [0.15, 0.2) is 5.78 Å². The summed E-state index contributed by atoms with van der Waals surface area (Å²) in [5, 5.41) is 14.3. The van der Waals surface area contributed by atoms with Gasteiger partial charge in [0.2, 0.25) is 5.71 Å². The van der Waals surface area contributed by atoms with Crippen molar-refractivity contribution in [3.63, 3.8) is 0 Å². The quantitative estimate of drug-likeness (QED) is 0.0797. The van der Waals surface area contributed by atoms with Gasteiger partial charge in [-0.15, -0.1) is 29.1 Å². The van der Waals surface area contributed by atoms with Crippen LogP contribution in [0.25, 0.3) is 55.2 Å². The number of rotatable bonds is 11. The Morgan fingerprint density at radius 3 is 2.21 bits per heavy atom. The van der Waals surface area contributed by atoms with E-state index in [0.29, 0.717) is 11.6 Å². The van der Waals surface area contributed by atoms with Crippen molar-refractivity contribution in [3.8, 4) is 22.4 Å². The Morgan fingerprint density at radius 1 is 0.865 bits per heavy atom. The van der Waals surface area contributed by atoms with Gasteiger partial charge >= 0.3 is 0 Å². The number of carbonyl (C=O) groups is 1. The number of benzene rings is 3. The van der Waals surface area contributed by atoms with Crippen LogP contribution in [0.1, 0.15) is 99.1 Å². The van der Waals surface area contributed by atoms with Crippen LogP contribution in [0.4, 0.5) is 0 Å². The largest absolute Gasteiger partial charge is 0.512 e. The number of aliphatic hydroxyl groups excluding tert-OH is 1. The monoisotopic (exact) mass is 877 g/mol. The molecule has 0 amide bonds. The fraction of sp³-hybridized carbons (Fsp3) is 0.391. The van der Waals surface area contributed by atoms with Gasteiger partial charge in [0.25, 0.3) is 0 Å². The average molecular weight is 877 g/mol. The number of carbonyl (C=O) groups excluding carboxylic acids is 1. The molecule has 0 atom stereocenters. The van der Waals surface area contributed by atoms with Crippen molar-refractivity contribution in [2.75, 3.05) is 0 Å². The topological polar surface area (TPSA) is 76.5 Å². The fourth-order valence-electron chi connectivity index (χ4n) is 6.94. The molecule has 0 aliphatic carbocycles. The number of pyridine rings is 1. The van der Waals surface area contributed by atoms with Crippen LogP contribution in [0.2, 0.25) is 0 Å². The van der Waals surface area contributed by atoms with E-state index in [1.165, 1.54) is 28.0 Å². The molecule has 0 spiro atoms. The van der Waals surface area contributed by atoms with E-state index in [4.69, 9.17) is 13.8 Å². The minimum atomic E-state index is -0.0148. The van der Waals surface area contributed by atoms with Crippen LogP contribution in [0.5, 0.6) is 0 Å². The van der Waals surface area contributed by atoms with E-state index < -0.39 is 0 Å². The number of furan rings is 2.